The first kappa shape index (κ1) is 38.9. The van der Waals surface area contributed by atoms with Crippen molar-refractivity contribution in [3.63, 3.8) is 0 Å². The molecular weight excluding hydrogens is 849 g/mol. The average molecular weight is 891 g/mol. The largest absolute Gasteiger partial charge is 0.456 e. The second-order valence-corrected chi connectivity index (χ2v) is 18.7. The summed E-state index contributed by atoms with van der Waals surface area (Å²) in [6, 6.07) is 93.8. The molecule has 3 heterocycles. The lowest BCUT2D eigenvalue weighted by molar-refractivity contribution is 0.669. The minimum Gasteiger partial charge on any atom is -0.456 e. The third kappa shape index (κ3) is 5.40. The zero-order valence-electron chi connectivity index (χ0n) is 38.1. The number of hydrogen-bond donors (Lipinski definition) is 0. The zero-order chi connectivity index (χ0) is 45.9. The molecule has 11 aromatic carbocycles. The van der Waals surface area contributed by atoms with E-state index in [1.54, 1.807) is 0 Å². The summed E-state index contributed by atoms with van der Waals surface area (Å²) in [6.45, 7) is 0. The molecule has 0 radical (unpaired) electrons. The Bertz CT molecular complexity index is 4250. The molecule has 15 rings (SSSR count). The van der Waals surface area contributed by atoms with Gasteiger partial charge in [0.1, 0.15) is 11.2 Å². The summed E-state index contributed by atoms with van der Waals surface area (Å²) in [5.74, 6) is 0. The molecule has 13 aromatic rings. The van der Waals surface area contributed by atoms with Crippen LogP contribution < -0.4 is 4.90 Å². The summed E-state index contributed by atoms with van der Waals surface area (Å²) >= 11 is 0. The van der Waals surface area contributed by atoms with Gasteiger partial charge in [0.25, 0.3) is 0 Å². The number of hydrogen-bond acceptors (Lipinski definition) is 2. The van der Waals surface area contributed by atoms with E-state index in [2.05, 4.69) is 258 Å². The van der Waals surface area contributed by atoms with Crippen LogP contribution in [0.15, 0.2) is 259 Å². The molecule has 3 nitrogen and oxygen atoms in total. The highest BCUT2D eigenvalue weighted by molar-refractivity contribution is 6.13. The molecule has 70 heavy (non-hydrogen) atoms. The maximum absolute atomic E-state index is 6.36. The fraction of sp³-hybridized carbons (Fsp3) is 0.0149. The normalized spacial score (nSPS) is 14.3. The Morgan fingerprint density at radius 2 is 0.900 bits per heavy atom. The van der Waals surface area contributed by atoms with Gasteiger partial charge in [-0.3, -0.25) is 0 Å². The standard InChI is InChI=1S/C67H42N2O/c1-2-17-43(18-3-1)44-33-35-45(36-34-44)48-19-5-11-28-60(48)68(61-29-12-6-20-49(61)46-37-40-65-55(41-46)53-23-8-15-32-64(53)70-65)47-38-39-51-50-21-4-9-25-56(50)67(59(51)42-47)57-26-10-14-31-63(57)69-62-30-13-7-22-52(62)54-24-16-27-58(67)66(54)69/h1-42H. The van der Waals surface area contributed by atoms with Gasteiger partial charge in [-0.2, -0.15) is 0 Å². The van der Waals surface area contributed by atoms with Crippen molar-refractivity contribution in [3.8, 4) is 50.2 Å². The van der Waals surface area contributed by atoms with E-state index in [0.717, 1.165) is 61.3 Å². The van der Waals surface area contributed by atoms with E-state index >= 15 is 0 Å². The molecule has 2 aliphatic rings. The van der Waals surface area contributed by atoms with Gasteiger partial charge in [0, 0.05) is 38.4 Å². The van der Waals surface area contributed by atoms with Crippen LogP contribution in [0.2, 0.25) is 0 Å². The van der Waals surface area contributed by atoms with Crippen LogP contribution in [0.5, 0.6) is 0 Å². The summed E-state index contributed by atoms with van der Waals surface area (Å²) < 4.78 is 8.88. The number of anilines is 3. The van der Waals surface area contributed by atoms with Crippen LogP contribution in [0.1, 0.15) is 22.3 Å². The van der Waals surface area contributed by atoms with Crippen LogP contribution >= 0.6 is 0 Å². The van der Waals surface area contributed by atoms with Crippen molar-refractivity contribution in [1.82, 2.24) is 4.57 Å². The molecule has 1 unspecified atom stereocenters. The Hall–Kier alpha value is -9.18. The first-order valence-electron chi connectivity index (χ1n) is 24.2. The van der Waals surface area contributed by atoms with Gasteiger partial charge in [-0.1, -0.05) is 200 Å². The van der Waals surface area contributed by atoms with Crippen LogP contribution in [0.25, 0.3) is 93.9 Å². The highest BCUT2D eigenvalue weighted by atomic mass is 16.3. The molecule has 1 aliphatic heterocycles. The molecule has 0 N–H and O–H groups in total. The minimum absolute atomic E-state index is 0.603. The van der Waals surface area contributed by atoms with Crippen LogP contribution in [0.4, 0.5) is 17.1 Å². The van der Waals surface area contributed by atoms with Crippen molar-refractivity contribution in [3.05, 3.63) is 277 Å². The lowest BCUT2D eigenvalue weighted by Gasteiger charge is -2.40. The van der Waals surface area contributed by atoms with Crippen LogP contribution in [0, 0.1) is 0 Å². The third-order valence-corrected chi connectivity index (χ3v) is 15.2. The summed E-state index contributed by atoms with van der Waals surface area (Å²) in [4.78, 5) is 2.51. The predicted molar refractivity (Wildman–Crippen MR) is 290 cm³/mol. The summed E-state index contributed by atoms with van der Waals surface area (Å²) in [6.07, 6.45) is 0. The van der Waals surface area contributed by atoms with Crippen molar-refractivity contribution in [2.75, 3.05) is 4.90 Å². The van der Waals surface area contributed by atoms with Crippen molar-refractivity contribution in [2.45, 2.75) is 5.41 Å². The van der Waals surface area contributed by atoms with E-state index in [-0.39, 0.29) is 0 Å². The lowest BCUT2D eigenvalue weighted by Crippen LogP contribution is -2.33. The van der Waals surface area contributed by atoms with E-state index in [1.165, 1.54) is 72.0 Å². The average Bonchev–Trinajstić information content (AvgIpc) is 4.07. The van der Waals surface area contributed by atoms with Gasteiger partial charge < -0.3 is 13.9 Å². The zero-order valence-corrected chi connectivity index (χ0v) is 38.1. The highest BCUT2D eigenvalue weighted by Crippen LogP contribution is 2.62. The summed E-state index contributed by atoms with van der Waals surface area (Å²) in [5.41, 5.74) is 22.8. The van der Waals surface area contributed by atoms with Crippen LogP contribution in [-0.2, 0) is 5.41 Å². The number of para-hydroxylation sites is 6. The van der Waals surface area contributed by atoms with E-state index in [4.69, 9.17) is 4.42 Å². The van der Waals surface area contributed by atoms with Gasteiger partial charge in [0.2, 0.25) is 0 Å². The summed E-state index contributed by atoms with van der Waals surface area (Å²) in [7, 11) is 0. The monoisotopic (exact) mass is 890 g/mol. The van der Waals surface area contributed by atoms with Gasteiger partial charge in [0.15, 0.2) is 0 Å². The quantitative estimate of drug-likeness (QED) is 0.166. The topological polar surface area (TPSA) is 21.3 Å². The second kappa shape index (κ2) is 14.9. The lowest BCUT2D eigenvalue weighted by atomic mass is 9.65. The van der Waals surface area contributed by atoms with Gasteiger partial charge in [-0.25, -0.2) is 0 Å². The molecule has 0 saturated carbocycles. The Morgan fingerprint density at radius 1 is 0.329 bits per heavy atom. The fourth-order valence-corrected chi connectivity index (χ4v) is 12.3. The summed E-state index contributed by atoms with van der Waals surface area (Å²) in [5, 5.41) is 4.76. The number of furan rings is 1. The highest BCUT2D eigenvalue weighted by Gasteiger charge is 2.51. The number of fused-ring (bicyclic) bond motifs is 15. The molecule has 0 saturated heterocycles. The molecule has 1 spiro atoms. The van der Waals surface area contributed by atoms with Crippen molar-refractivity contribution in [1.29, 1.82) is 0 Å². The van der Waals surface area contributed by atoms with Gasteiger partial charge in [-0.05, 0) is 110 Å². The van der Waals surface area contributed by atoms with Gasteiger partial charge in [-0.15, -0.1) is 0 Å². The number of aromatic nitrogens is 1. The molecule has 2 aromatic heterocycles. The van der Waals surface area contributed by atoms with Crippen molar-refractivity contribution >= 4 is 60.8 Å². The molecule has 0 fully saturated rings. The maximum atomic E-state index is 6.36. The van der Waals surface area contributed by atoms with Crippen LogP contribution in [-0.4, -0.2) is 4.57 Å². The molecular formula is C67H42N2O. The molecule has 1 aliphatic carbocycles. The van der Waals surface area contributed by atoms with Crippen molar-refractivity contribution < 1.29 is 4.42 Å². The van der Waals surface area contributed by atoms with Gasteiger partial charge >= 0.3 is 0 Å². The Balaban J connectivity index is 1.01. The Labute approximate surface area is 405 Å². The Morgan fingerprint density at radius 3 is 1.73 bits per heavy atom. The smallest absolute Gasteiger partial charge is 0.135 e. The Kier molecular flexibility index (Phi) is 8.28. The van der Waals surface area contributed by atoms with Gasteiger partial charge in [0.05, 0.1) is 33.5 Å². The predicted octanol–water partition coefficient (Wildman–Crippen LogP) is 17.8. The molecule has 326 valence electrons. The fourth-order valence-electron chi connectivity index (χ4n) is 12.3. The molecule has 0 amide bonds. The minimum atomic E-state index is -0.603. The molecule has 0 bridgehead atoms. The first-order chi connectivity index (χ1) is 34.7. The van der Waals surface area contributed by atoms with E-state index in [1.807, 2.05) is 6.07 Å². The number of nitrogens with zero attached hydrogens (tertiary/aromatic N) is 2. The van der Waals surface area contributed by atoms with Crippen LogP contribution in [0.3, 0.4) is 0 Å². The number of benzene rings is 11. The van der Waals surface area contributed by atoms with E-state index in [9.17, 15) is 0 Å². The third-order valence-electron chi connectivity index (χ3n) is 15.2. The van der Waals surface area contributed by atoms with Crippen molar-refractivity contribution in [2.24, 2.45) is 0 Å². The SMILES string of the molecule is c1ccc(-c2ccc(-c3ccccc3N(c3ccc4c(c3)C3(c5ccccc5-4)c4ccccc4-n4c5ccccc5c5cccc3c54)c3ccccc3-c3ccc4oc5ccccc5c4c3)cc2)cc1. The second-order valence-electron chi connectivity index (χ2n) is 18.7. The maximum Gasteiger partial charge on any atom is 0.135 e. The first-order valence-corrected chi connectivity index (χ1v) is 24.2. The van der Waals surface area contributed by atoms with E-state index < -0.39 is 5.41 Å². The van der Waals surface area contributed by atoms with E-state index in [0.29, 0.717) is 0 Å². The molecule has 3 heteroatoms. The molecule has 1 atom stereocenters. The number of rotatable bonds is 6.